The van der Waals surface area contributed by atoms with Gasteiger partial charge in [0.15, 0.2) is 6.10 Å². The number of aliphatic hydroxyl groups is 3. The van der Waals surface area contributed by atoms with E-state index in [9.17, 15) is 10.1 Å². The van der Waals surface area contributed by atoms with E-state index in [1.807, 2.05) is 0 Å². The zero-order valence-corrected chi connectivity index (χ0v) is 5.52. The second kappa shape index (κ2) is 3.11. The highest BCUT2D eigenvalue weighted by atomic mass is 35.5. The Labute approximate surface area is 60.8 Å². The summed E-state index contributed by atoms with van der Waals surface area (Å²) in [4.78, 5) is 8.48. The van der Waals surface area contributed by atoms with E-state index in [4.69, 9.17) is 26.9 Å². The predicted molar refractivity (Wildman–Crippen MR) is 30.9 cm³/mol. The van der Waals surface area contributed by atoms with Gasteiger partial charge in [-0.1, -0.05) is 0 Å². The first-order valence-electron chi connectivity index (χ1n) is 2.27. The van der Waals surface area contributed by atoms with E-state index in [1.54, 1.807) is 0 Å². The average molecular weight is 172 g/mol. The van der Waals surface area contributed by atoms with E-state index in [0.29, 0.717) is 0 Å². The Bertz CT molecular complexity index is 137. The van der Waals surface area contributed by atoms with Crippen LogP contribution in [0.3, 0.4) is 0 Å². The molecule has 60 valence electrons. The first-order valence-corrected chi connectivity index (χ1v) is 2.65. The van der Waals surface area contributed by atoms with Crippen LogP contribution in [0.5, 0.6) is 0 Å². The number of hydrogen-bond acceptors (Lipinski definition) is 5. The first-order chi connectivity index (χ1) is 4.42. The van der Waals surface area contributed by atoms with Crippen molar-refractivity contribution in [1.29, 1.82) is 0 Å². The van der Waals surface area contributed by atoms with Crippen molar-refractivity contribution in [3.63, 3.8) is 0 Å². The summed E-state index contributed by atoms with van der Waals surface area (Å²) in [5.41, 5.74) is 0. The molecule has 0 bridgehead atoms. The van der Waals surface area contributed by atoms with Crippen LogP contribution >= 0.6 is 11.6 Å². The van der Waals surface area contributed by atoms with Crippen molar-refractivity contribution in [3.05, 3.63) is 10.1 Å². The summed E-state index contributed by atoms with van der Waals surface area (Å²) in [5.74, 6) is 0. The van der Waals surface area contributed by atoms with Crippen LogP contribution in [0.4, 0.5) is 0 Å². The van der Waals surface area contributed by atoms with Gasteiger partial charge in [-0.05, 0) is 11.6 Å². The Hall–Kier alpha value is -0.430. The molecule has 0 saturated carbocycles. The number of halogens is 1. The number of nitrogens with zero attached hydrogens (tertiary/aromatic N) is 1. The Morgan fingerprint density at radius 1 is 1.80 bits per heavy atom. The van der Waals surface area contributed by atoms with Crippen molar-refractivity contribution in [2.45, 2.75) is 11.3 Å². The second-order valence-corrected chi connectivity index (χ2v) is 2.15. The van der Waals surface area contributed by atoms with Gasteiger partial charge >= 0.3 is 5.18 Å². The van der Waals surface area contributed by atoms with E-state index < -0.39 is 22.8 Å². The molecule has 0 spiro atoms. The molecule has 0 fully saturated rings. The Balaban J connectivity index is 4.23. The molecule has 0 heterocycles. The van der Waals surface area contributed by atoms with Crippen LogP contribution in [-0.2, 0) is 0 Å². The summed E-state index contributed by atoms with van der Waals surface area (Å²) < 4.78 is 0. The lowest BCUT2D eigenvalue weighted by molar-refractivity contribution is -0.606. The van der Waals surface area contributed by atoms with Gasteiger partial charge in [-0.25, -0.2) is 0 Å². The number of alkyl halides is 1. The summed E-state index contributed by atoms with van der Waals surface area (Å²) in [5, 5.41) is 31.9. The summed E-state index contributed by atoms with van der Waals surface area (Å²) in [6, 6.07) is 0. The van der Waals surface area contributed by atoms with Gasteiger partial charge in [0, 0.05) is 0 Å². The monoisotopic (exact) mass is 171 g/mol. The quantitative estimate of drug-likeness (QED) is 0.158. The standard InChI is InChI=1S/C3H6ClNO5/c4-3(8,5(9)10)2(7)1-6/h2,6-8H,1H2. The molecular formula is C3H6ClNO5. The Morgan fingerprint density at radius 2 is 2.20 bits per heavy atom. The van der Waals surface area contributed by atoms with E-state index in [2.05, 4.69) is 0 Å². The number of hydrogen-bond donors (Lipinski definition) is 3. The van der Waals surface area contributed by atoms with Gasteiger partial charge in [-0.15, -0.1) is 0 Å². The molecule has 0 aliphatic heterocycles. The molecule has 0 radical (unpaired) electrons. The topological polar surface area (TPSA) is 104 Å². The van der Waals surface area contributed by atoms with Crippen LogP contribution in [-0.4, -0.2) is 38.1 Å². The highest BCUT2D eigenvalue weighted by molar-refractivity contribution is 6.21. The fourth-order valence-corrected chi connectivity index (χ4v) is 0.307. The molecule has 0 aromatic heterocycles. The van der Waals surface area contributed by atoms with Crippen molar-refractivity contribution < 1.29 is 20.2 Å². The molecule has 0 saturated heterocycles. The molecular weight excluding hydrogens is 165 g/mol. The maximum absolute atomic E-state index is 9.77. The molecule has 3 N–H and O–H groups in total. The summed E-state index contributed by atoms with van der Waals surface area (Å²) in [7, 11) is 0. The molecule has 0 rings (SSSR count). The maximum Gasteiger partial charge on any atom is 0.430 e. The second-order valence-electron chi connectivity index (χ2n) is 1.59. The number of rotatable bonds is 3. The summed E-state index contributed by atoms with van der Waals surface area (Å²) in [6.45, 7) is -0.971. The van der Waals surface area contributed by atoms with Gasteiger partial charge in [0.1, 0.15) is 0 Å². The molecule has 0 aliphatic rings. The van der Waals surface area contributed by atoms with Gasteiger partial charge in [-0.3, -0.25) is 10.1 Å². The minimum absolute atomic E-state index is 0.971. The zero-order chi connectivity index (χ0) is 8.36. The lowest BCUT2D eigenvalue weighted by Gasteiger charge is -2.14. The van der Waals surface area contributed by atoms with E-state index in [0.717, 1.165) is 0 Å². The van der Waals surface area contributed by atoms with Crippen molar-refractivity contribution in [3.8, 4) is 0 Å². The number of nitro groups is 1. The van der Waals surface area contributed by atoms with E-state index in [-0.39, 0.29) is 0 Å². The normalized spacial score (nSPS) is 19.6. The lowest BCUT2D eigenvalue weighted by Crippen LogP contribution is -2.46. The first kappa shape index (κ1) is 9.57. The third kappa shape index (κ3) is 1.77. The van der Waals surface area contributed by atoms with Gasteiger partial charge in [0.05, 0.1) is 11.5 Å². The molecule has 2 unspecified atom stereocenters. The largest absolute Gasteiger partial charge is 0.430 e. The molecule has 0 aromatic rings. The van der Waals surface area contributed by atoms with Crippen LogP contribution in [0.15, 0.2) is 0 Å². The lowest BCUT2D eigenvalue weighted by atomic mass is 10.3. The fraction of sp³-hybridized carbons (Fsp3) is 1.00. The summed E-state index contributed by atoms with van der Waals surface area (Å²) in [6.07, 6.45) is -1.98. The summed E-state index contributed by atoms with van der Waals surface area (Å²) >= 11 is 4.77. The molecule has 2 atom stereocenters. The fourth-order valence-electron chi connectivity index (χ4n) is 0.238. The Kier molecular flexibility index (Phi) is 2.97. The number of aliphatic hydroxyl groups excluding tert-OH is 2. The van der Waals surface area contributed by atoms with Gasteiger partial charge in [0.2, 0.25) is 0 Å². The predicted octanol–water partition coefficient (Wildman–Crippen LogP) is -1.50. The molecule has 0 aromatic carbocycles. The SMILES string of the molecule is O=[N+]([O-])C(O)(Cl)C(O)CO. The molecule has 7 heteroatoms. The van der Waals surface area contributed by atoms with Crippen LogP contribution < -0.4 is 0 Å². The van der Waals surface area contributed by atoms with Gasteiger partial charge < -0.3 is 15.3 Å². The van der Waals surface area contributed by atoms with Gasteiger partial charge in [0.25, 0.3) is 0 Å². The Morgan fingerprint density at radius 3 is 2.30 bits per heavy atom. The minimum Gasteiger partial charge on any atom is -0.393 e. The van der Waals surface area contributed by atoms with Crippen LogP contribution in [0, 0.1) is 10.1 Å². The zero-order valence-electron chi connectivity index (χ0n) is 4.77. The van der Waals surface area contributed by atoms with Crippen LogP contribution in [0.25, 0.3) is 0 Å². The third-order valence-corrected chi connectivity index (χ3v) is 1.24. The smallest absolute Gasteiger partial charge is 0.393 e. The van der Waals surface area contributed by atoms with Crippen LogP contribution in [0.1, 0.15) is 0 Å². The highest BCUT2D eigenvalue weighted by Crippen LogP contribution is 2.15. The van der Waals surface area contributed by atoms with Crippen LogP contribution in [0.2, 0.25) is 0 Å². The minimum atomic E-state index is -2.99. The van der Waals surface area contributed by atoms with Crippen molar-refractivity contribution >= 4 is 11.6 Å². The molecule has 6 nitrogen and oxygen atoms in total. The van der Waals surface area contributed by atoms with Crippen molar-refractivity contribution in [2.75, 3.05) is 6.61 Å². The molecule has 0 amide bonds. The van der Waals surface area contributed by atoms with Crippen molar-refractivity contribution in [2.24, 2.45) is 0 Å². The van der Waals surface area contributed by atoms with Gasteiger partial charge in [-0.2, -0.15) is 0 Å². The highest BCUT2D eigenvalue weighted by Gasteiger charge is 2.46. The average Bonchev–Trinajstić information content (AvgIpc) is 1.86. The van der Waals surface area contributed by atoms with E-state index in [1.165, 1.54) is 0 Å². The molecule has 0 aliphatic carbocycles. The van der Waals surface area contributed by atoms with E-state index >= 15 is 0 Å². The maximum atomic E-state index is 9.77. The third-order valence-electron chi connectivity index (χ3n) is 0.853. The molecule has 10 heavy (non-hydrogen) atoms. The van der Waals surface area contributed by atoms with Crippen molar-refractivity contribution in [1.82, 2.24) is 0 Å².